The zero-order valence-electron chi connectivity index (χ0n) is 26.0. The van der Waals surface area contributed by atoms with Gasteiger partial charge in [0.25, 0.3) is 5.91 Å². The highest BCUT2D eigenvalue weighted by Crippen LogP contribution is 2.45. The number of nitrogens with one attached hydrogen (secondary N) is 3. The van der Waals surface area contributed by atoms with Crippen LogP contribution in [0.1, 0.15) is 43.9 Å². The van der Waals surface area contributed by atoms with Crippen molar-refractivity contribution >= 4 is 56.7 Å². The molecule has 0 radical (unpaired) electrons. The Bertz CT molecular complexity index is 1730. The van der Waals surface area contributed by atoms with Gasteiger partial charge in [-0.1, -0.05) is 19.9 Å². The molecule has 1 saturated carbocycles. The smallest absolute Gasteiger partial charge is 0.303 e. The minimum absolute atomic E-state index is 0. The number of carbonyl (C=O) groups is 2. The Labute approximate surface area is 273 Å². The van der Waals surface area contributed by atoms with E-state index in [0.717, 1.165) is 31.5 Å². The molecular formula is C30H39ClN6O6S2. The fourth-order valence-corrected chi connectivity index (χ4v) is 6.83. The van der Waals surface area contributed by atoms with Gasteiger partial charge in [-0.25, -0.2) is 14.7 Å². The third kappa shape index (κ3) is 6.80. The first-order valence-electron chi connectivity index (χ1n) is 14.3. The van der Waals surface area contributed by atoms with E-state index in [-0.39, 0.29) is 36.8 Å². The minimum Gasteiger partial charge on any atom is -0.496 e. The lowest BCUT2D eigenvalue weighted by molar-refractivity contribution is -0.130. The number of aromatic nitrogens is 2. The summed E-state index contributed by atoms with van der Waals surface area (Å²) in [5.74, 6) is 0.0151. The van der Waals surface area contributed by atoms with Crippen molar-refractivity contribution in [3.05, 3.63) is 47.5 Å². The summed E-state index contributed by atoms with van der Waals surface area (Å²) in [5, 5.41) is 9.61. The first-order valence-corrected chi connectivity index (χ1v) is 16.6. The van der Waals surface area contributed by atoms with E-state index in [1.807, 2.05) is 35.2 Å². The summed E-state index contributed by atoms with van der Waals surface area (Å²) in [6.07, 6.45) is 1.78. The van der Waals surface area contributed by atoms with E-state index in [1.54, 1.807) is 13.2 Å². The number of rotatable bonds is 11. The highest BCUT2D eigenvalue weighted by Gasteiger charge is 2.61. The topological polar surface area (TPSA) is 152 Å². The number of hydrogen-bond acceptors (Lipinski definition) is 10. The number of pyridine rings is 1. The van der Waals surface area contributed by atoms with Gasteiger partial charge in [0.1, 0.15) is 33.8 Å². The highest BCUT2D eigenvalue weighted by molar-refractivity contribution is 7.87. The van der Waals surface area contributed by atoms with Crippen molar-refractivity contribution in [1.29, 1.82) is 0 Å². The van der Waals surface area contributed by atoms with E-state index in [4.69, 9.17) is 19.4 Å². The van der Waals surface area contributed by atoms with E-state index >= 15 is 0 Å². The lowest BCUT2D eigenvalue weighted by Crippen LogP contribution is -2.56. The zero-order valence-corrected chi connectivity index (χ0v) is 28.5. The molecule has 2 amide bonds. The molecule has 1 aliphatic carbocycles. The molecule has 0 spiro atoms. The Kier molecular flexibility index (Phi) is 10.1. The summed E-state index contributed by atoms with van der Waals surface area (Å²) < 4.78 is 39.6. The molecule has 1 saturated heterocycles. The molecule has 244 valence electrons. The fourth-order valence-electron chi connectivity index (χ4n) is 5.29. The van der Waals surface area contributed by atoms with Crippen molar-refractivity contribution < 1.29 is 27.5 Å². The molecule has 3 N–H and O–H groups in total. The van der Waals surface area contributed by atoms with Gasteiger partial charge in [0.15, 0.2) is 0 Å². The lowest BCUT2D eigenvalue weighted by atomic mass is 10.1. The number of thiazole rings is 1. The van der Waals surface area contributed by atoms with Crippen LogP contribution in [-0.4, -0.2) is 79.9 Å². The van der Waals surface area contributed by atoms with Crippen molar-refractivity contribution in [2.45, 2.75) is 57.2 Å². The summed E-state index contributed by atoms with van der Waals surface area (Å²) in [5.41, 5.74) is 1.91. The van der Waals surface area contributed by atoms with E-state index in [2.05, 4.69) is 31.1 Å². The molecule has 1 aromatic carbocycles. The maximum atomic E-state index is 13.4. The van der Waals surface area contributed by atoms with Crippen LogP contribution in [0.15, 0.2) is 36.2 Å². The molecule has 3 heterocycles. The third-order valence-corrected chi connectivity index (χ3v) is 10.4. The number of amides is 2. The molecule has 0 unspecified atom stereocenters. The molecule has 45 heavy (non-hydrogen) atoms. The van der Waals surface area contributed by atoms with Crippen LogP contribution in [-0.2, 0) is 19.8 Å². The lowest BCUT2D eigenvalue weighted by Gasteiger charge is -2.22. The largest absolute Gasteiger partial charge is 0.496 e. The minimum atomic E-state index is -4.03. The first kappa shape index (κ1) is 34.6. The van der Waals surface area contributed by atoms with E-state index < -0.39 is 33.6 Å². The number of benzene rings is 1. The first-order chi connectivity index (χ1) is 20.8. The van der Waals surface area contributed by atoms with Crippen molar-refractivity contribution in [3.63, 3.8) is 0 Å². The number of hydrogen-bond donors (Lipinski definition) is 3. The second-order valence-corrected chi connectivity index (χ2v) is 14.4. The Balaban J connectivity index is 0.00000461. The highest BCUT2D eigenvalue weighted by atomic mass is 35.5. The molecule has 2 fully saturated rings. The quantitative estimate of drug-likeness (QED) is 0.260. The summed E-state index contributed by atoms with van der Waals surface area (Å²) in [6, 6.07) is 5.02. The van der Waals surface area contributed by atoms with Crippen LogP contribution in [0, 0.1) is 12.8 Å². The summed E-state index contributed by atoms with van der Waals surface area (Å²) in [6.45, 7) is 10.3. The maximum absolute atomic E-state index is 13.4. The SMILES string of the molecule is C=C[C@@H]1C[C@]1(NC(=O)[C@@H]1C[C@@H](Oc2cc(-c3nc(C(C)C)cs3)nc3c(C)c(OC)ccc23)CN1)C(=O)NS(=O)(=O)N(C)C.Cl. The number of fused-ring (bicyclic) bond motifs is 1. The standard InChI is InChI=1S/C30H38N6O6S2.ClH/c1-8-18-13-30(18,29(38)35-44(39,40)36(5)6)34-27(37)21-11-19(14-31-21)42-25-12-22(28-33-23(15-43-28)16(2)3)32-26-17(4)24(41-7)10-9-20(25)26;/h8-10,12,15-16,18-19,21,31H,1,11,13-14H2,2-7H3,(H,34,37)(H,35,38);1H/t18-,19-,21+,30-;/m1./s1. The number of nitrogens with zero attached hydrogens (tertiary/aromatic N) is 3. The number of halogens is 1. The predicted molar refractivity (Wildman–Crippen MR) is 176 cm³/mol. The summed E-state index contributed by atoms with van der Waals surface area (Å²) >= 11 is 1.53. The molecular weight excluding hydrogens is 640 g/mol. The Hall–Kier alpha value is -3.30. The second-order valence-electron chi connectivity index (χ2n) is 11.7. The van der Waals surface area contributed by atoms with Crippen molar-refractivity contribution in [3.8, 4) is 22.2 Å². The Morgan fingerprint density at radius 2 is 1.98 bits per heavy atom. The van der Waals surface area contributed by atoms with Crippen LogP contribution < -0.4 is 24.8 Å². The molecule has 4 atom stereocenters. The monoisotopic (exact) mass is 678 g/mol. The van der Waals surface area contributed by atoms with Gasteiger partial charge >= 0.3 is 10.2 Å². The van der Waals surface area contributed by atoms with Gasteiger partial charge in [0.05, 0.1) is 24.4 Å². The third-order valence-electron chi connectivity index (χ3n) is 8.15. The van der Waals surface area contributed by atoms with Crippen molar-refractivity contribution in [2.75, 3.05) is 27.7 Å². The van der Waals surface area contributed by atoms with Gasteiger partial charge in [-0.05, 0) is 31.4 Å². The number of ether oxygens (including phenoxy) is 2. The molecule has 1 aliphatic heterocycles. The number of carbonyl (C=O) groups excluding carboxylic acids is 2. The number of methoxy groups -OCH3 is 1. The van der Waals surface area contributed by atoms with E-state index in [0.29, 0.717) is 30.2 Å². The predicted octanol–water partition coefficient (Wildman–Crippen LogP) is 3.31. The fraction of sp³-hybridized carbons (Fsp3) is 0.467. The molecule has 3 aromatic rings. The van der Waals surface area contributed by atoms with Gasteiger partial charge in [-0.3, -0.25) is 9.59 Å². The van der Waals surface area contributed by atoms with Crippen LogP contribution in [0.3, 0.4) is 0 Å². The molecule has 15 heteroatoms. The zero-order chi connectivity index (χ0) is 32.0. The molecule has 2 aromatic heterocycles. The van der Waals surface area contributed by atoms with Crippen LogP contribution in [0.2, 0.25) is 0 Å². The summed E-state index contributed by atoms with van der Waals surface area (Å²) in [4.78, 5) is 36.1. The van der Waals surface area contributed by atoms with E-state index in [9.17, 15) is 18.0 Å². The van der Waals surface area contributed by atoms with Crippen molar-refractivity contribution in [1.82, 2.24) is 29.6 Å². The van der Waals surface area contributed by atoms with Gasteiger partial charge in [-0.15, -0.1) is 30.3 Å². The molecule has 12 nitrogen and oxygen atoms in total. The van der Waals surface area contributed by atoms with E-state index in [1.165, 1.54) is 25.4 Å². The van der Waals surface area contributed by atoms with Crippen LogP contribution in [0.25, 0.3) is 21.6 Å². The Morgan fingerprint density at radius 1 is 1.24 bits per heavy atom. The van der Waals surface area contributed by atoms with Crippen LogP contribution in [0.4, 0.5) is 0 Å². The van der Waals surface area contributed by atoms with Gasteiger partial charge in [0.2, 0.25) is 5.91 Å². The van der Waals surface area contributed by atoms with Gasteiger partial charge < -0.3 is 20.1 Å². The second kappa shape index (κ2) is 13.2. The van der Waals surface area contributed by atoms with Crippen LogP contribution in [0.5, 0.6) is 11.5 Å². The van der Waals surface area contributed by atoms with Crippen LogP contribution >= 0.6 is 23.7 Å². The summed E-state index contributed by atoms with van der Waals surface area (Å²) in [7, 11) is 0.219. The number of aryl methyl sites for hydroxylation is 1. The molecule has 0 bridgehead atoms. The van der Waals surface area contributed by atoms with Gasteiger partial charge in [-0.2, -0.15) is 12.7 Å². The maximum Gasteiger partial charge on any atom is 0.303 e. The normalized spacial score (nSPS) is 22.6. The van der Waals surface area contributed by atoms with Gasteiger partial charge in [0, 0.05) is 55.4 Å². The van der Waals surface area contributed by atoms with Crippen molar-refractivity contribution in [2.24, 2.45) is 5.92 Å². The Morgan fingerprint density at radius 3 is 2.58 bits per heavy atom. The average Bonchev–Trinajstić information content (AvgIpc) is 3.28. The molecule has 5 rings (SSSR count). The average molecular weight is 679 g/mol. The molecule has 2 aliphatic rings.